The fraction of sp³-hybridized carbons (Fsp3) is 0.471. The van der Waals surface area contributed by atoms with Gasteiger partial charge in [-0.1, -0.05) is 13.0 Å². The molecule has 0 saturated heterocycles. The highest BCUT2D eigenvalue weighted by atomic mass is 32.1. The first-order valence-corrected chi connectivity index (χ1v) is 8.58. The van der Waals surface area contributed by atoms with Crippen LogP contribution in [-0.2, 0) is 19.4 Å². The third kappa shape index (κ3) is 3.44. The van der Waals surface area contributed by atoms with Crippen LogP contribution in [-0.4, -0.2) is 4.98 Å². The van der Waals surface area contributed by atoms with Crippen LogP contribution in [0.15, 0.2) is 23.6 Å². The Hall–Kier alpha value is -1.39. The van der Waals surface area contributed by atoms with Crippen LogP contribution in [0, 0.1) is 0 Å². The molecule has 4 heteroatoms. The van der Waals surface area contributed by atoms with Crippen molar-refractivity contribution in [2.24, 2.45) is 5.73 Å². The van der Waals surface area contributed by atoms with Gasteiger partial charge in [0.15, 0.2) is 0 Å². The highest BCUT2D eigenvalue weighted by Gasteiger charge is 2.17. The van der Waals surface area contributed by atoms with Gasteiger partial charge < -0.3 is 10.5 Å². The van der Waals surface area contributed by atoms with Gasteiger partial charge in [-0.2, -0.15) is 0 Å². The van der Waals surface area contributed by atoms with Gasteiger partial charge in [0.1, 0.15) is 12.4 Å². The van der Waals surface area contributed by atoms with Crippen molar-refractivity contribution in [3.8, 4) is 5.75 Å². The molecule has 3 rings (SSSR count). The highest BCUT2D eigenvalue weighted by Crippen LogP contribution is 2.30. The number of thiazole rings is 1. The second-order valence-corrected chi connectivity index (χ2v) is 6.57. The Morgan fingerprint density at radius 3 is 3.19 bits per heavy atom. The molecule has 1 aromatic carbocycles. The molecular weight excluding hydrogens is 280 g/mol. The van der Waals surface area contributed by atoms with Crippen LogP contribution in [0.25, 0.3) is 0 Å². The van der Waals surface area contributed by atoms with E-state index in [1.165, 1.54) is 22.6 Å². The third-order valence-corrected chi connectivity index (χ3v) is 4.88. The van der Waals surface area contributed by atoms with E-state index in [0.29, 0.717) is 6.61 Å². The molecule has 0 aliphatic heterocycles. The van der Waals surface area contributed by atoms with Crippen molar-refractivity contribution in [3.63, 3.8) is 0 Å². The summed E-state index contributed by atoms with van der Waals surface area (Å²) in [5.41, 5.74) is 9.80. The van der Waals surface area contributed by atoms with E-state index in [0.717, 1.165) is 37.1 Å². The monoisotopic (exact) mass is 302 g/mol. The Morgan fingerprint density at radius 2 is 2.33 bits per heavy atom. The van der Waals surface area contributed by atoms with Gasteiger partial charge in [0.2, 0.25) is 0 Å². The van der Waals surface area contributed by atoms with E-state index in [1.54, 1.807) is 11.3 Å². The summed E-state index contributed by atoms with van der Waals surface area (Å²) in [4.78, 5) is 4.59. The second-order valence-electron chi connectivity index (χ2n) is 5.63. The molecule has 1 unspecified atom stereocenters. The molecule has 2 N–H and O–H groups in total. The molecular formula is C17H22N2OS. The Balaban J connectivity index is 1.65. The first-order chi connectivity index (χ1) is 10.3. The topological polar surface area (TPSA) is 48.1 Å². The predicted octanol–water partition coefficient (Wildman–Crippen LogP) is 4.01. The Labute approximate surface area is 130 Å². The van der Waals surface area contributed by atoms with Gasteiger partial charge in [0.05, 0.1) is 10.7 Å². The van der Waals surface area contributed by atoms with Gasteiger partial charge in [0.25, 0.3) is 0 Å². The molecule has 0 radical (unpaired) electrons. The molecule has 1 aromatic heterocycles. The Kier molecular flexibility index (Phi) is 4.56. The van der Waals surface area contributed by atoms with Crippen molar-refractivity contribution >= 4 is 11.3 Å². The van der Waals surface area contributed by atoms with Gasteiger partial charge in [-0.25, -0.2) is 4.98 Å². The summed E-state index contributed by atoms with van der Waals surface area (Å²) in [5.74, 6) is 0.924. The number of aromatic nitrogens is 1. The molecule has 3 nitrogen and oxygen atoms in total. The SMILES string of the molecule is CCCc1nc(COc2ccc3c(c2)CCCC3N)cs1. The number of hydrogen-bond acceptors (Lipinski definition) is 4. The number of aryl methyl sites for hydroxylation is 2. The van der Waals surface area contributed by atoms with Crippen LogP contribution in [0.2, 0.25) is 0 Å². The van der Waals surface area contributed by atoms with Gasteiger partial charge in [0, 0.05) is 11.4 Å². The average Bonchev–Trinajstić information content (AvgIpc) is 2.93. The standard InChI is InChI=1S/C17H22N2OS/c1-2-4-17-19-13(11-21-17)10-20-14-7-8-15-12(9-14)5-3-6-16(15)18/h7-9,11,16H,2-6,10,18H2,1H3. The number of benzene rings is 1. The lowest BCUT2D eigenvalue weighted by Gasteiger charge is -2.22. The number of fused-ring (bicyclic) bond motifs is 1. The Bertz CT molecular complexity index is 609. The van der Waals surface area contributed by atoms with Crippen LogP contribution < -0.4 is 10.5 Å². The van der Waals surface area contributed by atoms with Crippen LogP contribution in [0.1, 0.15) is 54.1 Å². The van der Waals surface area contributed by atoms with Crippen molar-refractivity contribution < 1.29 is 4.74 Å². The molecule has 0 saturated carbocycles. The summed E-state index contributed by atoms with van der Waals surface area (Å²) in [7, 11) is 0. The minimum absolute atomic E-state index is 0.193. The zero-order valence-electron chi connectivity index (χ0n) is 12.5. The maximum atomic E-state index is 6.14. The molecule has 1 aliphatic rings. The lowest BCUT2D eigenvalue weighted by molar-refractivity contribution is 0.301. The first kappa shape index (κ1) is 14.5. The van der Waals surface area contributed by atoms with Crippen molar-refractivity contribution in [2.75, 3.05) is 0 Å². The highest BCUT2D eigenvalue weighted by molar-refractivity contribution is 7.09. The average molecular weight is 302 g/mol. The second kappa shape index (κ2) is 6.58. The quantitative estimate of drug-likeness (QED) is 0.907. The molecule has 0 amide bonds. The summed E-state index contributed by atoms with van der Waals surface area (Å²) in [6.07, 6.45) is 5.56. The molecule has 2 aromatic rings. The number of nitrogens with zero attached hydrogens (tertiary/aromatic N) is 1. The fourth-order valence-corrected chi connectivity index (χ4v) is 3.70. The van der Waals surface area contributed by atoms with E-state index in [-0.39, 0.29) is 6.04 Å². The zero-order valence-corrected chi connectivity index (χ0v) is 13.3. The van der Waals surface area contributed by atoms with Crippen molar-refractivity contribution in [3.05, 3.63) is 45.4 Å². The number of ether oxygens (including phenoxy) is 1. The van der Waals surface area contributed by atoms with Crippen molar-refractivity contribution in [1.82, 2.24) is 4.98 Å². The summed E-state index contributed by atoms with van der Waals surface area (Å²) in [6.45, 7) is 2.72. The molecule has 21 heavy (non-hydrogen) atoms. The normalized spacial score (nSPS) is 17.5. The maximum Gasteiger partial charge on any atom is 0.131 e. The summed E-state index contributed by atoms with van der Waals surface area (Å²) in [6, 6.07) is 6.49. The van der Waals surface area contributed by atoms with Crippen LogP contribution in [0.5, 0.6) is 5.75 Å². The fourth-order valence-electron chi connectivity index (χ4n) is 2.82. The summed E-state index contributed by atoms with van der Waals surface area (Å²) >= 11 is 1.72. The minimum atomic E-state index is 0.193. The molecule has 0 fully saturated rings. The smallest absolute Gasteiger partial charge is 0.131 e. The van der Waals surface area contributed by atoms with Crippen molar-refractivity contribution in [1.29, 1.82) is 0 Å². The number of nitrogens with two attached hydrogens (primary N) is 1. The predicted molar refractivity (Wildman–Crippen MR) is 86.7 cm³/mol. The molecule has 112 valence electrons. The molecule has 1 aliphatic carbocycles. The molecule has 0 bridgehead atoms. The van der Waals surface area contributed by atoms with Crippen molar-refractivity contribution in [2.45, 2.75) is 51.7 Å². The molecule has 0 spiro atoms. The van der Waals surface area contributed by atoms with E-state index >= 15 is 0 Å². The van der Waals surface area contributed by atoms with Gasteiger partial charge in [-0.15, -0.1) is 11.3 Å². The number of rotatable bonds is 5. The third-order valence-electron chi connectivity index (χ3n) is 3.93. The lowest BCUT2D eigenvalue weighted by atomic mass is 9.88. The number of hydrogen-bond donors (Lipinski definition) is 1. The van der Waals surface area contributed by atoms with Crippen LogP contribution in [0.3, 0.4) is 0 Å². The van der Waals surface area contributed by atoms with E-state index in [1.807, 2.05) is 6.07 Å². The van der Waals surface area contributed by atoms with Gasteiger partial charge in [-0.05, 0) is 55.4 Å². The van der Waals surface area contributed by atoms with E-state index < -0.39 is 0 Å². The minimum Gasteiger partial charge on any atom is -0.487 e. The maximum absolute atomic E-state index is 6.14. The summed E-state index contributed by atoms with van der Waals surface area (Å²) < 4.78 is 5.89. The van der Waals surface area contributed by atoms with Crippen LogP contribution in [0.4, 0.5) is 0 Å². The Morgan fingerprint density at radius 1 is 1.43 bits per heavy atom. The molecule has 1 heterocycles. The lowest BCUT2D eigenvalue weighted by Crippen LogP contribution is -2.17. The van der Waals surface area contributed by atoms with Gasteiger partial charge in [-0.3, -0.25) is 0 Å². The first-order valence-electron chi connectivity index (χ1n) is 7.70. The summed E-state index contributed by atoms with van der Waals surface area (Å²) in [5, 5.41) is 3.30. The van der Waals surface area contributed by atoms with E-state index in [4.69, 9.17) is 10.5 Å². The van der Waals surface area contributed by atoms with E-state index in [9.17, 15) is 0 Å². The zero-order chi connectivity index (χ0) is 14.7. The van der Waals surface area contributed by atoms with Crippen LogP contribution >= 0.6 is 11.3 Å². The van der Waals surface area contributed by atoms with E-state index in [2.05, 4.69) is 29.4 Å². The largest absolute Gasteiger partial charge is 0.487 e. The molecule has 1 atom stereocenters. The van der Waals surface area contributed by atoms with Gasteiger partial charge >= 0.3 is 0 Å².